The van der Waals surface area contributed by atoms with E-state index in [1.165, 1.54) is 37.6 Å². The maximum Gasteiger partial charge on any atom is 0.573 e. The topological polar surface area (TPSA) is 115 Å². The van der Waals surface area contributed by atoms with Crippen molar-refractivity contribution in [2.45, 2.75) is 88.9 Å². The lowest BCUT2D eigenvalue weighted by molar-refractivity contribution is -0.274. The van der Waals surface area contributed by atoms with Crippen molar-refractivity contribution >= 4 is 11.8 Å². The zero-order chi connectivity index (χ0) is 28.6. The number of hydrogen-bond donors (Lipinski definition) is 4. The van der Waals surface area contributed by atoms with Crippen LogP contribution in [0.5, 0.6) is 5.75 Å². The van der Waals surface area contributed by atoms with Gasteiger partial charge in [0.05, 0.1) is 12.3 Å². The van der Waals surface area contributed by atoms with E-state index in [1.807, 2.05) is 0 Å². The maximum absolute atomic E-state index is 12.8. The Morgan fingerprint density at radius 3 is 2.49 bits per heavy atom. The summed E-state index contributed by atoms with van der Waals surface area (Å²) in [7, 11) is 0. The minimum atomic E-state index is -4.79. The summed E-state index contributed by atoms with van der Waals surface area (Å²) in [5.74, 6) is 2.41. The fourth-order valence-corrected chi connectivity index (χ4v) is 8.20. The maximum atomic E-state index is 12.8. The van der Waals surface area contributed by atoms with Crippen molar-refractivity contribution in [3.63, 3.8) is 0 Å². The number of aliphatic hydroxyl groups is 1. The number of aromatic nitrogens is 2. The summed E-state index contributed by atoms with van der Waals surface area (Å²) in [5, 5.41) is 30.0. The first-order valence-electron chi connectivity index (χ1n) is 14.7. The van der Waals surface area contributed by atoms with Gasteiger partial charge < -0.3 is 25.8 Å². The van der Waals surface area contributed by atoms with Gasteiger partial charge >= 0.3 is 6.36 Å². The molecule has 1 heterocycles. The molecule has 5 aliphatic carbocycles. The van der Waals surface area contributed by atoms with Crippen LogP contribution in [0.4, 0.5) is 24.9 Å². The minimum absolute atomic E-state index is 0.0287. The summed E-state index contributed by atoms with van der Waals surface area (Å²) in [5.41, 5.74) is 0.810. The second-order valence-electron chi connectivity index (χ2n) is 12.6. The molecule has 4 N–H and O–H groups in total. The van der Waals surface area contributed by atoms with Crippen molar-refractivity contribution in [1.82, 2.24) is 15.3 Å². The number of alkyl halides is 3. The van der Waals surface area contributed by atoms with Gasteiger partial charge in [-0.15, -0.1) is 13.2 Å². The molecule has 41 heavy (non-hydrogen) atoms. The third-order valence-electron chi connectivity index (χ3n) is 9.70. The predicted octanol–water partition coefficient (Wildman–Crippen LogP) is 5.36. The quantitative estimate of drug-likeness (QED) is 0.319. The third kappa shape index (κ3) is 6.38. The molecule has 220 valence electrons. The lowest BCUT2D eigenvalue weighted by atomic mass is 9.47. The molecule has 8 nitrogen and oxygen atoms in total. The highest BCUT2D eigenvalue weighted by atomic mass is 19.4. The SMILES string of the molecule is N#Cc1cnc(NCc2ccccc2OC(F)(F)F)nc1NCC12CC3C[C@H](C1)[C@H](N[C@H]1CC[C@H](O)CC1)[C@@H](C3)C2. The number of ether oxygens (including phenoxy) is 1. The summed E-state index contributed by atoms with van der Waals surface area (Å²) in [4.78, 5) is 8.73. The summed E-state index contributed by atoms with van der Waals surface area (Å²) in [6.07, 6.45) is 6.42. The Bertz CT molecular complexity index is 1260. The summed E-state index contributed by atoms with van der Waals surface area (Å²) in [6.45, 7) is 0.757. The number of halogens is 3. The number of para-hydroxylation sites is 1. The Kier molecular flexibility index (Phi) is 7.72. The lowest BCUT2D eigenvalue weighted by Gasteiger charge is -2.61. The van der Waals surface area contributed by atoms with E-state index >= 15 is 0 Å². The van der Waals surface area contributed by atoms with E-state index in [1.54, 1.807) is 12.1 Å². The Balaban J connectivity index is 1.10. The fraction of sp³-hybridized carbons (Fsp3) is 0.633. The van der Waals surface area contributed by atoms with Crippen molar-refractivity contribution in [2.24, 2.45) is 23.2 Å². The zero-order valence-electron chi connectivity index (χ0n) is 23.0. The Hall–Kier alpha value is -3.10. The number of nitrogens with zero attached hydrogens (tertiary/aromatic N) is 3. The molecule has 0 aliphatic heterocycles. The van der Waals surface area contributed by atoms with Crippen LogP contribution in [-0.2, 0) is 6.54 Å². The molecule has 1 aromatic heterocycles. The van der Waals surface area contributed by atoms with E-state index in [2.05, 4.69) is 36.7 Å². The van der Waals surface area contributed by atoms with Crippen molar-refractivity contribution in [3.8, 4) is 11.8 Å². The predicted molar refractivity (Wildman–Crippen MR) is 147 cm³/mol. The molecule has 4 bridgehead atoms. The van der Waals surface area contributed by atoms with E-state index in [0.29, 0.717) is 40.9 Å². The van der Waals surface area contributed by atoms with Gasteiger partial charge in [0, 0.05) is 30.7 Å². The molecule has 11 heteroatoms. The molecule has 5 aliphatic rings. The molecule has 5 fully saturated rings. The van der Waals surface area contributed by atoms with Gasteiger partial charge in [0.1, 0.15) is 23.2 Å². The lowest BCUT2D eigenvalue weighted by Crippen LogP contribution is -2.61. The Morgan fingerprint density at radius 1 is 1.05 bits per heavy atom. The van der Waals surface area contributed by atoms with Crippen molar-refractivity contribution in [2.75, 3.05) is 17.2 Å². The van der Waals surface area contributed by atoms with Gasteiger partial charge in [-0.2, -0.15) is 10.2 Å². The van der Waals surface area contributed by atoms with Crippen molar-refractivity contribution < 1.29 is 23.0 Å². The smallest absolute Gasteiger partial charge is 0.405 e. The van der Waals surface area contributed by atoms with Gasteiger partial charge in [0.15, 0.2) is 0 Å². The van der Waals surface area contributed by atoms with E-state index < -0.39 is 6.36 Å². The number of aliphatic hydroxyl groups excluding tert-OH is 1. The molecule has 0 spiro atoms. The largest absolute Gasteiger partial charge is 0.573 e. The number of anilines is 2. The monoisotopic (exact) mass is 570 g/mol. The van der Waals surface area contributed by atoms with Crippen LogP contribution in [0, 0.1) is 34.5 Å². The molecule has 0 amide bonds. The molecule has 5 saturated carbocycles. The third-order valence-corrected chi connectivity index (χ3v) is 9.70. The van der Waals surface area contributed by atoms with Crippen LogP contribution in [0.25, 0.3) is 0 Å². The highest BCUT2D eigenvalue weighted by Crippen LogP contribution is 2.60. The molecular formula is C30H37F3N6O2. The highest BCUT2D eigenvalue weighted by Gasteiger charge is 2.55. The van der Waals surface area contributed by atoms with E-state index in [9.17, 15) is 23.5 Å². The second kappa shape index (κ2) is 11.3. The van der Waals surface area contributed by atoms with Gasteiger partial charge in [0.25, 0.3) is 0 Å². The molecule has 2 unspecified atom stereocenters. The molecule has 0 saturated heterocycles. The van der Waals surface area contributed by atoms with Crippen LogP contribution in [0.2, 0.25) is 0 Å². The van der Waals surface area contributed by atoms with Crippen LogP contribution in [0.15, 0.2) is 30.5 Å². The minimum Gasteiger partial charge on any atom is -0.405 e. The number of benzene rings is 1. The summed E-state index contributed by atoms with van der Waals surface area (Å²) in [6, 6.07) is 9.14. The summed E-state index contributed by atoms with van der Waals surface area (Å²) < 4.78 is 42.5. The number of rotatable bonds is 9. The highest BCUT2D eigenvalue weighted by molar-refractivity contribution is 5.53. The average molecular weight is 571 g/mol. The first-order valence-corrected chi connectivity index (χ1v) is 14.7. The number of nitrogens with one attached hydrogen (secondary N) is 3. The zero-order valence-corrected chi connectivity index (χ0v) is 23.0. The van der Waals surface area contributed by atoms with E-state index in [0.717, 1.165) is 51.0 Å². The van der Waals surface area contributed by atoms with Crippen LogP contribution in [0.3, 0.4) is 0 Å². The normalized spacial score (nSPS) is 32.4. The molecule has 0 radical (unpaired) electrons. The average Bonchev–Trinajstić information content (AvgIpc) is 2.93. The standard InChI is InChI=1S/C30H37F3N6O2/c31-30(32,33)41-25-4-2-1-3-19(25)15-35-28-36-16-22(14-34)27(39-28)37-17-29-11-18-9-20(12-29)26(21(10-18)13-29)38-23-5-7-24(40)8-6-23/h1-4,16,18,20-21,23-24,26,38,40H,5-13,15,17H2,(H2,35,36,37,39)/t18?,20-,21+,23-,24-,26+,29?. The molecule has 7 rings (SSSR count). The van der Waals surface area contributed by atoms with Gasteiger partial charge in [-0.05, 0) is 87.0 Å². The van der Waals surface area contributed by atoms with Crippen molar-refractivity contribution in [1.29, 1.82) is 5.26 Å². The number of hydrogen-bond acceptors (Lipinski definition) is 8. The molecule has 1 aromatic carbocycles. The van der Waals surface area contributed by atoms with Crippen molar-refractivity contribution in [3.05, 3.63) is 41.6 Å². The fourth-order valence-electron chi connectivity index (χ4n) is 8.20. The van der Waals surface area contributed by atoms with E-state index in [-0.39, 0.29) is 29.8 Å². The first kappa shape index (κ1) is 28.0. The molecule has 5 atom stereocenters. The van der Waals surface area contributed by atoms with Gasteiger partial charge in [-0.1, -0.05) is 18.2 Å². The Labute approximate surface area is 238 Å². The number of nitriles is 1. The second-order valence-corrected chi connectivity index (χ2v) is 12.6. The van der Waals surface area contributed by atoms with Gasteiger partial charge in [-0.25, -0.2) is 4.98 Å². The van der Waals surface area contributed by atoms with Crippen LogP contribution >= 0.6 is 0 Å². The Morgan fingerprint density at radius 2 is 1.78 bits per heavy atom. The van der Waals surface area contributed by atoms with E-state index in [4.69, 9.17) is 0 Å². The molecular weight excluding hydrogens is 533 g/mol. The van der Waals surface area contributed by atoms with Gasteiger partial charge in [-0.3, -0.25) is 0 Å². The van der Waals surface area contributed by atoms with Crippen LogP contribution < -0.4 is 20.7 Å². The molecule has 2 aromatic rings. The first-order chi connectivity index (χ1) is 19.7. The summed E-state index contributed by atoms with van der Waals surface area (Å²) >= 11 is 0. The van der Waals surface area contributed by atoms with Crippen LogP contribution in [0.1, 0.15) is 68.9 Å². The van der Waals surface area contributed by atoms with Gasteiger partial charge in [0.2, 0.25) is 5.95 Å². The van der Waals surface area contributed by atoms with Crippen LogP contribution in [-0.4, -0.2) is 46.2 Å².